The lowest BCUT2D eigenvalue weighted by atomic mass is 10.1. The zero-order valence-electron chi connectivity index (χ0n) is 13.0. The third-order valence-corrected chi connectivity index (χ3v) is 4.50. The lowest BCUT2D eigenvalue weighted by Crippen LogP contribution is -2.15. The number of hydrogen-bond donors (Lipinski definition) is 1. The number of nitrogens with one attached hydrogen (secondary N) is 1. The number of Topliss-reactive ketones (excluding diaryl/α,β-unsaturated/α-hetero) is 1. The van der Waals surface area contributed by atoms with Gasteiger partial charge in [0.1, 0.15) is 0 Å². The van der Waals surface area contributed by atoms with E-state index in [1.54, 1.807) is 18.2 Å². The van der Waals surface area contributed by atoms with E-state index in [9.17, 15) is 4.79 Å². The summed E-state index contributed by atoms with van der Waals surface area (Å²) >= 11 is 17.7. The first kappa shape index (κ1) is 19.9. The van der Waals surface area contributed by atoms with Gasteiger partial charge in [-0.3, -0.25) is 4.79 Å². The zero-order valence-corrected chi connectivity index (χ0v) is 16.1. The number of fused-ring (bicyclic) bond motifs is 1. The molecule has 0 atom stereocenters. The van der Waals surface area contributed by atoms with Crippen LogP contribution in [0.15, 0.2) is 42.5 Å². The first-order chi connectivity index (χ1) is 11.6. The van der Waals surface area contributed by atoms with Gasteiger partial charge in [-0.05, 0) is 30.3 Å². The number of anilines is 1. The average Bonchev–Trinajstić information content (AvgIpc) is 2.93. The van der Waals surface area contributed by atoms with Crippen LogP contribution in [-0.4, -0.2) is 27.8 Å². The number of para-hydroxylation sites is 2. The van der Waals surface area contributed by atoms with E-state index in [4.69, 9.17) is 34.8 Å². The number of carbonyl (C=O) groups is 1. The summed E-state index contributed by atoms with van der Waals surface area (Å²) in [5, 5.41) is 3.93. The second-order valence-corrected chi connectivity index (χ2v) is 6.37. The Labute approximate surface area is 166 Å². The molecule has 0 spiro atoms. The monoisotopic (exact) mass is 417 g/mol. The van der Waals surface area contributed by atoms with Gasteiger partial charge in [-0.25, -0.2) is 4.98 Å². The van der Waals surface area contributed by atoms with Crippen molar-refractivity contribution in [3.63, 3.8) is 0 Å². The van der Waals surface area contributed by atoms with Crippen LogP contribution in [0.1, 0.15) is 10.4 Å². The highest BCUT2D eigenvalue weighted by Gasteiger charge is 2.15. The van der Waals surface area contributed by atoms with Crippen LogP contribution in [0.5, 0.6) is 0 Å². The third kappa shape index (κ3) is 4.39. The molecule has 1 aromatic heterocycles. The molecule has 2 aromatic carbocycles. The number of ketones is 1. The third-order valence-electron chi connectivity index (χ3n) is 3.58. The average molecular weight is 419 g/mol. The van der Waals surface area contributed by atoms with Crippen LogP contribution < -0.4 is 5.32 Å². The van der Waals surface area contributed by atoms with Crippen molar-refractivity contribution >= 4 is 70.0 Å². The summed E-state index contributed by atoms with van der Waals surface area (Å²) < 4.78 is 1.84. The van der Waals surface area contributed by atoms with Gasteiger partial charge in [0.2, 0.25) is 5.95 Å². The summed E-state index contributed by atoms with van der Waals surface area (Å²) in [5.41, 5.74) is 2.20. The fourth-order valence-corrected chi connectivity index (χ4v) is 2.83. The van der Waals surface area contributed by atoms with Crippen LogP contribution in [0.3, 0.4) is 0 Å². The highest BCUT2D eigenvalue weighted by molar-refractivity contribution is 6.42. The number of halogens is 4. The molecule has 1 N–H and O–H groups in total. The summed E-state index contributed by atoms with van der Waals surface area (Å²) in [6, 6.07) is 12.5. The summed E-state index contributed by atoms with van der Waals surface area (Å²) in [4.78, 5) is 17.2. The fourth-order valence-electron chi connectivity index (χ4n) is 2.43. The van der Waals surface area contributed by atoms with Crippen molar-refractivity contribution in [2.45, 2.75) is 6.54 Å². The molecule has 0 saturated heterocycles. The predicted octanol–water partition coefficient (Wildman–Crippen LogP) is 5.30. The van der Waals surface area contributed by atoms with Gasteiger partial charge in [-0.2, -0.15) is 0 Å². The minimum atomic E-state index is -0.0781. The molecular weight excluding hydrogens is 404 g/mol. The molecule has 0 saturated carbocycles. The maximum atomic E-state index is 12.6. The number of carbonyl (C=O) groups excluding carboxylic acids is 1. The molecule has 0 aliphatic heterocycles. The molecule has 0 unspecified atom stereocenters. The molecule has 0 aliphatic rings. The van der Waals surface area contributed by atoms with Gasteiger partial charge in [-0.15, -0.1) is 24.0 Å². The summed E-state index contributed by atoms with van der Waals surface area (Å²) in [5.74, 6) is 0.986. The Morgan fingerprint density at radius 2 is 1.88 bits per heavy atom. The Kier molecular flexibility index (Phi) is 6.96. The van der Waals surface area contributed by atoms with Gasteiger partial charge < -0.3 is 9.88 Å². The molecular formula is C17H15Cl4N3O. The first-order valence-electron chi connectivity index (χ1n) is 7.33. The minimum absolute atomic E-state index is 0. The van der Waals surface area contributed by atoms with Gasteiger partial charge >= 0.3 is 0 Å². The van der Waals surface area contributed by atoms with Crippen LogP contribution in [0.2, 0.25) is 10.0 Å². The van der Waals surface area contributed by atoms with E-state index < -0.39 is 0 Å². The minimum Gasteiger partial charge on any atom is -0.354 e. The van der Waals surface area contributed by atoms with Crippen molar-refractivity contribution in [1.29, 1.82) is 0 Å². The Balaban J connectivity index is 0.00000225. The van der Waals surface area contributed by atoms with Gasteiger partial charge in [0.25, 0.3) is 0 Å². The maximum Gasteiger partial charge on any atom is 0.204 e. The van der Waals surface area contributed by atoms with E-state index in [2.05, 4.69) is 10.3 Å². The Morgan fingerprint density at radius 1 is 1.12 bits per heavy atom. The van der Waals surface area contributed by atoms with Crippen LogP contribution in [0, 0.1) is 0 Å². The maximum absolute atomic E-state index is 12.6. The van der Waals surface area contributed by atoms with Gasteiger partial charge in [0.15, 0.2) is 5.78 Å². The summed E-state index contributed by atoms with van der Waals surface area (Å²) in [6.45, 7) is 0.703. The number of nitrogens with zero attached hydrogens (tertiary/aromatic N) is 2. The van der Waals surface area contributed by atoms with Crippen LogP contribution in [0.25, 0.3) is 11.0 Å². The number of benzene rings is 2. The van der Waals surface area contributed by atoms with Crippen LogP contribution in [0.4, 0.5) is 5.95 Å². The van der Waals surface area contributed by atoms with Crippen molar-refractivity contribution in [1.82, 2.24) is 9.55 Å². The number of rotatable bonds is 6. The normalized spacial score (nSPS) is 10.5. The van der Waals surface area contributed by atoms with Crippen LogP contribution >= 0.6 is 47.2 Å². The molecule has 0 amide bonds. The van der Waals surface area contributed by atoms with Crippen molar-refractivity contribution in [3.8, 4) is 0 Å². The van der Waals surface area contributed by atoms with E-state index in [1.807, 2.05) is 28.8 Å². The molecule has 0 radical (unpaired) electrons. The van der Waals surface area contributed by atoms with Gasteiger partial charge in [0, 0.05) is 18.0 Å². The molecule has 8 heteroatoms. The molecule has 0 aliphatic carbocycles. The molecule has 4 nitrogen and oxygen atoms in total. The van der Waals surface area contributed by atoms with E-state index >= 15 is 0 Å². The van der Waals surface area contributed by atoms with Crippen molar-refractivity contribution in [3.05, 3.63) is 58.1 Å². The Bertz CT molecular complexity index is 895. The van der Waals surface area contributed by atoms with Crippen LogP contribution in [-0.2, 0) is 6.54 Å². The SMILES string of the molecule is Cl.O=C(Cn1c(NCCCl)nc2ccccc21)c1ccc(Cl)c(Cl)c1. The second kappa shape index (κ2) is 8.77. The van der Waals surface area contributed by atoms with Crippen molar-refractivity contribution < 1.29 is 4.79 Å². The molecule has 1 heterocycles. The lowest BCUT2D eigenvalue weighted by Gasteiger charge is -2.10. The largest absolute Gasteiger partial charge is 0.354 e. The number of hydrogen-bond acceptors (Lipinski definition) is 3. The Morgan fingerprint density at radius 3 is 2.60 bits per heavy atom. The molecule has 0 bridgehead atoms. The zero-order chi connectivity index (χ0) is 17.1. The number of imidazole rings is 1. The standard InChI is InChI=1S/C17H14Cl3N3O.ClH/c18-7-8-21-17-22-14-3-1-2-4-15(14)23(17)10-16(24)11-5-6-12(19)13(20)9-11;/h1-6,9H,7-8,10H2,(H,21,22);1H. The van der Waals surface area contributed by atoms with E-state index in [-0.39, 0.29) is 24.7 Å². The fraction of sp³-hybridized carbons (Fsp3) is 0.176. The quantitative estimate of drug-likeness (QED) is 0.436. The molecule has 3 rings (SSSR count). The highest BCUT2D eigenvalue weighted by Crippen LogP contribution is 2.24. The summed E-state index contributed by atoms with van der Waals surface area (Å²) in [7, 11) is 0. The second-order valence-electron chi connectivity index (χ2n) is 5.18. The lowest BCUT2D eigenvalue weighted by molar-refractivity contribution is 0.0974. The predicted molar refractivity (Wildman–Crippen MR) is 107 cm³/mol. The van der Waals surface area contributed by atoms with E-state index in [0.717, 1.165) is 11.0 Å². The molecule has 25 heavy (non-hydrogen) atoms. The molecule has 3 aromatic rings. The topological polar surface area (TPSA) is 46.9 Å². The van der Waals surface area contributed by atoms with Gasteiger partial charge in [0.05, 0.1) is 27.6 Å². The van der Waals surface area contributed by atoms with Crippen molar-refractivity contribution in [2.75, 3.05) is 17.7 Å². The highest BCUT2D eigenvalue weighted by atomic mass is 35.5. The molecule has 0 fully saturated rings. The molecule has 132 valence electrons. The van der Waals surface area contributed by atoms with Gasteiger partial charge in [-0.1, -0.05) is 35.3 Å². The van der Waals surface area contributed by atoms with Crippen molar-refractivity contribution in [2.24, 2.45) is 0 Å². The first-order valence-corrected chi connectivity index (χ1v) is 8.62. The smallest absolute Gasteiger partial charge is 0.204 e. The number of alkyl halides is 1. The van der Waals surface area contributed by atoms with E-state index in [0.29, 0.717) is 34.0 Å². The summed E-state index contributed by atoms with van der Waals surface area (Å²) in [6.07, 6.45) is 0. The van der Waals surface area contributed by atoms with E-state index in [1.165, 1.54) is 0 Å². The Hall–Kier alpha value is -1.46. The number of aromatic nitrogens is 2.